The molecule has 0 saturated carbocycles. The number of nitrogens with two attached hydrogens (primary N) is 1. The van der Waals surface area contributed by atoms with Crippen molar-refractivity contribution in [3.05, 3.63) is 0 Å². The first-order valence-corrected chi connectivity index (χ1v) is 6.26. The lowest BCUT2D eigenvalue weighted by molar-refractivity contribution is -0.132. The van der Waals surface area contributed by atoms with E-state index >= 15 is 0 Å². The van der Waals surface area contributed by atoms with Crippen molar-refractivity contribution in [3.8, 4) is 0 Å². The normalized spacial score (nSPS) is 17.3. The van der Waals surface area contributed by atoms with E-state index in [9.17, 15) is 4.79 Å². The molecule has 0 aliphatic carbocycles. The summed E-state index contributed by atoms with van der Waals surface area (Å²) >= 11 is 0. The lowest BCUT2D eigenvalue weighted by Crippen LogP contribution is -2.55. The molecule has 0 bridgehead atoms. The number of guanidine groups is 1. The maximum Gasteiger partial charge on any atom is 0.242 e. The van der Waals surface area contributed by atoms with E-state index in [2.05, 4.69) is 10.4 Å². The molecule has 0 aromatic carbocycles. The molecule has 104 valence electrons. The van der Waals surface area contributed by atoms with Crippen molar-refractivity contribution in [2.24, 2.45) is 10.8 Å². The van der Waals surface area contributed by atoms with Crippen molar-refractivity contribution < 1.29 is 9.53 Å². The molecule has 0 atom stereocenters. The first-order chi connectivity index (χ1) is 8.69. The van der Waals surface area contributed by atoms with Gasteiger partial charge in [-0.3, -0.25) is 15.2 Å². The number of nitrogens with one attached hydrogen (secondary N) is 1. The molecule has 18 heavy (non-hydrogen) atoms. The van der Waals surface area contributed by atoms with E-state index in [-0.39, 0.29) is 5.91 Å². The number of hydrazine groups is 1. The van der Waals surface area contributed by atoms with Gasteiger partial charge < -0.3 is 14.5 Å². The first-order valence-electron chi connectivity index (χ1n) is 6.26. The van der Waals surface area contributed by atoms with E-state index in [1.807, 2.05) is 11.8 Å². The summed E-state index contributed by atoms with van der Waals surface area (Å²) in [7, 11) is 1.80. The number of piperazine rings is 1. The van der Waals surface area contributed by atoms with Gasteiger partial charge in [0.25, 0.3) is 0 Å². The van der Waals surface area contributed by atoms with Crippen LogP contribution in [0.1, 0.15) is 13.3 Å². The molecular weight excluding hydrogens is 234 g/mol. The summed E-state index contributed by atoms with van der Waals surface area (Å²) in [5.41, 5.74) is 2.56. The highest BCUT2D eigenvalue weighted by Crippen LogP contribution is 2.01. The molecule has 1 aliphatic rings. The highest BCUT2D eigenvalue weighted by atomic mass is 16.5. The lowest BCUT2D eigenvalue weighted by atomic mass is 10.3. The number of nitrogens with zero attached hydrogens (tertiary/aromatic N) is 3. The lowest BCUT2D eigenvalue weighted by Gasteiger charge is -2.33. The van der Waals surface area contributed by atoms with Crippen LogP contribution >= 0.6 is 0 Å². The number of amides is 1. The molecule has 0 spiro atoms. The largest absolute Gasteiger partial charge is 0.382 e. The summed E-state index contributed by atoms with van der Waals surface area (Å²) < 4.78 is 5.23. The Morgan fingerprint density at radius 3 is 2.94 bits per heavy atom. The Kier molecular flexibility index (Phi) is 6.45. The number of carbonyl (C=O) groups excluding carboxylic acids is 1. The summed E-state index contributed by atoms with van der Waals surface area (Å²) in [5.74, 6) is 6.10. The number of hydrogen-bond acceptors (Lipinski definition) is 4. The molecule has 7 nitrogen and oxygen atoms in total. The van der Waals surface area contributed by atoms with Gasteiger partial charge in [-0.05, 0) is 13.3 Å². The highest BCUT2D eigenvalue weighted by molar-refractivity contribution is 5.87. The minimum Gasteiger partial charge on any atom is -0.382 e. The monoisotopic (exact) mass is 257 g/mol. The molecule has 0 aromatic rings. The average Bonchev–Trinajstić information content (AvgIpc) is 2.37. The minimum absolute atomic E-state index is 0.0820. The van der Waals surface area contributed by atoms with Crippen LogP contribution in [-0.2, 0) is 9.53 Å². The minimum atomic E-state index is 0.0820. The summed E-state index contributed by atoms with van der Waals surface area (Å²) in [6.07, 6.45) is 0.848. The molecule has 0 unspecified atom stereocenters. The Labute approximate surface area is 108 Å². The molecule has 1 heterocycles. The Balaban J connectivity index is 2.40. The second-order valence-electron chi connectivity index (χ2n) is 4.14. The van der Waals surface area contributed by atoms with Crippen LogP contribution in [0.15, 0.2) is 4.99 Å². The topological polar surface area (TPSA) is 83.2 Å². The third kappa shape index (κ3) is 4.50. The average molecular weight is 257 g/mol. The van der Waals surface area contributed by atoms with Gasteiger partial charge in [-0.15, -0.1) is 0 Å². The summed E-state index contributed by atoms with van der Waals surface area (Å²) in [6, 6.07) is 0. The molecule has 1 aliphatic heterocycles. The zero-order valence-electron chi connectivity index (χ0n) is 11.2. The molecule has 0 radical (unpaired) electrons. The van der Waals surface area contributed by atoms with Gasteiger partial charge in [0.1, 0.15) is 0 Å². The third-order valence-corrected chi connectivity index (χ3v) is 2.80. The van der Waals surface area contributed by atoms with Crippen LogP contribution in [0.3, 0.4) is 0 Å². The van der Waals surface area contributed by atoms with Crippen LogP contribution < -0.4 is 11.3 Å². The second kappa shape index (κ2) is 7.88. The third-order valence-electron chi connectivity index (χ3n) is 2.80. The Morgan fingerprint density at radius 1 is 1.56 bits per heavy atom. The van der Waals surface area contributed by atoms with Gasteiger partial charge in [-0.2, -0.15) is 0 Å². The quantitative estimate of drug-likeness (QED) is 0.217. The Hall–Kier alpha value is -1.34. The molecular formula is C11H23N5O2. The molecule has 7 heteroatoms. The number of ether oxygens (including phenoxy) is 1. The van der Waals surface area contributed by atoms with Gasteiger partial charge in [0.2, 0.25) is 11.9 Å². The fraction of sp³-hybridized carbons (Fsp3) is 0.818. The molecule has 1 amide bonds. The van der Waals surface area contributed by atoms with Crippen molar-refractivity contribution in [3.63, 3.8) is 0 Å². The van der Waals surface area contributed by atoms with E-state index < -0.39 is 0 Å². The van der Waals surface area contributed by atoms with Gasteiger partial charge in [0.15, 0.2) is 0 Å². The predicted molar refractivity (Wildman–Crippen MR) is 69.9 cm³/mol. The molecule has 0 aromatic heterocycles. The molecule has 1 fully saturated rings. The Bertz CT molecular complexity index is 295. The first kappa shape index (κ1) is 14.7. The zero-order chi connectivity index (χ0) is 13.4. The molecule has 3 N–H and O–H groups in total. The van der Waals surface area contributed by atoms with Gasteiger partial charge in [0, 0.05) is 39.9 Å². The standard InChI is InChI=1S/C11H23N5O2/c1-3-18-8-4-5-13-11(14-12)16-7-6-15(2)10(17)9-16/h3-9,12H2,1-2H3,(H,13,14). The maximum absolute atomic E-state index is 11.6. The predicted octanol–water partition coefficient (Wildman–Crippen LogP) is -0.994. The molecule has 1 rings (SSSR count). The van der Waals surface area contributed by atoms with Crippen LogP contribution in [0.5, 0.6) is 0 Å². The van der Waals surface area contributed by atoms with E-state index in [1.165, 1.54) is 0 Å². The van der Waals surface area contributed by atoms with Crippen LogP contribution in [0.4, 0.5) is 0 Å². The van der Waals surface area contributed by atoms with Crippen molar-refractivity contribution in [2.75, 3.05) is 46.4 Å². The van der Waals surface area contributed by atoms with Gasteiger partial charge in [0.05, 0.1) is 6.54 Å². The number of hydrogen-bond donors (Lipinski definition) is 2. The fourth-order valence-corrected chi connectivity index (χ4v) is 1.67. The molecule has 1 saturated heterocycles. The Morgan fingerprint density at radius 2 is 2.33 bits per heavy atom. The number of likely N-dealkylation sites (N-methyl/N-ethyl adjacent to an activating group) is 1. The van der Waals surface area contributed by atoms with Crippen LogP contribution in [-0.4, -0.2) is 68.1 Å². The number of rotatable bonds is 5. The fourth-order valence-electron chi connectivity index (χ4n) is 1.67. The van der Waals surface area contributed by atoms with E-state index in [0.29, 0.717) is 32.2 Å². The van der Waals surface area contributed by atoms with Crippen molar-refractivity contribution >= 4 is 11.9 Å². The van der Waals surface area contributed by atoms with Gasteiger partial charge in [-0.25, -0.2) is 5.84 Å². The van der Waals surface area contributed by atoms with Gasteiger partial charge >= 0.3 is 0 Å². The number of carbonyl (C=O) groups is 1. The highest BCUT2D eigenvalue weighted by Gasteiger charge is 2.22. The van der Waals surface area contributed by atoms with Crippen LogP contribution in [0.25, 0.3) is 0 Å². The van der Waals surface area contributed by atoms with Crippen LogP contribution in [0.2, 0.25) is 0 Å². The van der Waals surface area contributed by atoms with Gasteiger partial charge in [-0.1, -0.05) is 0 Å². The summed E-state index contributed by atoms with van der Waals surface area (Å²) in [6.45, 7) is 5.78. The van der Waals surface area contributed by atoms with Crippen molar-refractivity contribution in [2.45, 2.75) is 13.3 Å². The zero-order valence-corrected chi connectivity index (χ0v) is 11.2. The van der Waals surface area contributed by atoms with E-state index in [0.717, 1.165) is 19.6 Å². The smallest absolute Gasteiger partial charge is 0.242 e. The van der Waals surface area contributed by atoms with E-state index in [1.54, 1.807) is 11.9 Å². The SMILES string of the molecule is CCOCCCN=C(NN)N1CCN(C)C(=O)C1. The summed E-state index contributed by atoms with van der Waals surface area (Å²) in [4.78, 5) is 19.5. The van der Waals surface area contributed by atoms with Crippen molar-refractivity contribution in [1.29, 1.82) is 0 Å². The van der Waals surface area contributed by atoms with E-state index in [4.69, 9.17) is 10.6 Å². The maximum atomic E-state index is 11.6. The summed E-state index contributed by atoms with van der Waals surface area (Å²) in [5, 5.41) is 0. The van der Waals surface area contributed by atoms with Crippen molar-refractivity contribution in [1.82, 2.24) is 15.2 Å². The number of aliphatic imine (C=N–C) groups is 1. The van der Waals surface area contributed by atoms with Crippen LogP contribution in [0, 0.1) is 0 Å². The second-order valence-corrected chi connectivity index (χ2v) is 4.14.